The van der Waals surface area contributed by atoms with Crippen LogP contribution in [0.3, 0.4) is 0 Å². The van der Waals surface area contributed by atoms with Gasteiger partial charge in [0.05, 0.1) is 12.0 Å². The van der Waals surface area contributed by atoms with Crippen molar-refractivity contribution in [1.82, 2.24) is 5.32 Å². The van der Waals surface area contributed by atoms with Gasteiger partial charge in [-0.25, -0.2) is 0 Å². The van der Waals surface area contributed by atoms with E-state index in [0.717, 1.165) is 37.2 Å². The first-order valence-electron chi connectivity index (χ1n) is 7.17. The molecule has 110 valence electrons. The van der Waals surface area contributed by atoms with E-state index in [1.54, 1.807) is 0 Å². The Morgan fingerprint density at radius 1 is 1.25 bits per heavy atom. The lowest BCUT2D eigenvalue weighted by Crippen LogP contribution is -2.49. The first-order valence-corrected chi connectivity index (χ1v) is 7.17. The van der Waals surface area contributed by atoms with Crippen LogP contribution in [0.5, 0.6) is 5.75 Å². The van der Waals surface area contributed by atoms with Crippen molar-refractivity contribution >= 4 is 18.2 Å². The van der Waals surface area contributed by atoms with Crippen molar-refractivity contribution in [3.05, 3.63) is 29.3 Å². The van der Waals surface area contributed by atoms with Crippen LogP contribution in [0.15, 0.2) is 18.2 Å². The lowest BCUT2D eigenvalue weighted by atomic mass is 9.82. The van der Waals surface area contributed by atoms with Gasteiger partial charge in [-0.3, -0.25) is 4.79 Å². The Balaban J connectivity index is 0.00000147. The second-order valence-corrected chi connectivity index (χ2v) is 6.05. The van der Waals surface area contributed by atoms with Crippen LogP contribution in [0.1, 0.15) is 54.9 Å². The first kappa shape index (κ1) is 15.3. The fourth-order valence-corrected chi connectivity index (χ4v) is 3.03. The summed E-state index contributed by atoms with van der Waals surface area (Å²) >= 11 is 0. The Morgan fingerprint density at radius 3 is 2.60 bits per heavy atom. The summed E-state index contributed by atoms with van der Waals surface area (Å²) in [4.78, 5) is 12.3. The van der Waals surface area contributed by atoms with Crippen LogP contribution >= 0.6 is 12.4 Å². The molecule has 0 bridgehead atoms. The number of piperidine rings is 1. The van der Waals surface area contributed by atoms with E-state index >= 15 is 0 Å². The fraction of sp³-hybridized carbons (Fsp3) is 0.562. The predicted molar refractivity (Wildman–Crippen MR) is 82.2 cm³/mol. The van der Waals surface area contributed by atoms with Gasteiger partial charge in [0.15, 0.2) is 5.78 Å². The van der Waals surface area contributed by atoms with Crippen molar-refractivity contribution in [3.63, 3.8) is 0 Å². The number of Topliss-reactive ketones (excluding diaryl/α,β-unsaturated/α-hetero) is 1. The number of hydrogen-bond acceptors (Lipinski definition) is 3. The highest BCUT2D eigenvalue weighted by Crippen LogP contribution is 2.39. The third kappa shape index (κ3) is 2.70. The Morgan fingerprint density at radius 2 is 1.95 bits per heavy atom. The lowest BCUT2D eigenvalue weighted by molar-refractivity contribution is 0.0187. The van der Waals surface area contributed by atoms with Crippen LogP contribution < -0.4 is 10.1 Å². The molecule has 0 amide bonds. The molecule has 1 fully saturated rings. The minimum atomic E-state index is -0.259. The summed E-state index contributed by atoms with van der Waals surface area (Å²) in [5.74, 6) is 1.48. The Bertz CT molecular complexity index is 507. The molecule has 2 heterocycles. The van der Waals surface area contributed by atoms with Crippen molar-refractivity contribution in [1.29, 1.82) is 0 Å². The van der Waals surface area contributed by atoms with Gasteiger partial charge in [-0.1, -0.05) is 19.9 Å². The molecule has 0 saturated carbocycles. The van der Waals surface area contributed by atoms with Crippen LogP contribution in [-0.4, -0.2) is 24.5 Å². The number of rotatable bonds is 1. The highest BCUT2D eigenvalue weighted by atomic mass is 35.5. The van der Waals surface area contributed by atoms with Crippen LogP contribution in [0.4, 0.5) is 0 Å². The first-order chi connectivity index (χ1) is 9.10. The molecule has 1 N–H and O–H groups in total. The monoisotopic (exact) mass is 295 g/mol. The SMILES string of the molecule is CC(C)c1ccc2c(c1)OC1(CCNCC1)CC2=O.Cl. The summed E-state index contributed by atoms with van der Waals surface area (Å²) in [6.45, 7) is 6.19. The van der Waals surface area contributed by atoms with E-state index in [-0.39, 0.29) is 23.8 Å². The number of ketones is 1. The smallest absolute Gasteiger partial charge is 0.170 e. The molecule has 0 radical (unpaired) electrons. The number of benzene rings is 1. The fourth-order valence-electron chi connectivity index (χ4n) is 3.03. The highest BCUT2D eigenvalue weighted by Gasteiger charge is 2.41. The summed E-state index contributed by atoms with van der Waals surface area (Å²) < 4.78 is 6.26. The molecule has 2 aliphatic rings. The van der Waals surface area contributed by atoms with Crippen molar-refractivity contribution in [3.8, 4) is 5.75 Å². The summed E-state index contributed by atoms with van der Waals surface area (Å²) in [5, 5.41) is 3.33. The van der Waals surface area contributed by atoms with Crippen molar-refractivity contribution in [2.24, 2.45) is 0 Å². The van der Waals surface area contributed by atoms with E-state index < -0.39 is 0 Å². The third-order valence-corrected chi connectivity index (χ3v) is 4.30. The quantitative estimate of drug-likeness (QED) is 0.864. The van der Waals surface area contributed by atoms with Gasteiger partial charge in [-0.15, -0.1) is 12.4 Å². The minimum Gasteiger partial charge on any atom is -0.486 e. The van der Waals surface area contributed by atoms with Crippen molar-refractivity contribution in [2.75, 3.05) is 13.1 Å². The topological polar surface area (TPSA) is 38.3 Å². The average molecular weight is 296 g/mol. The molecule has 1 aromatic rings. The molecule has 1 aromatic carbocycles. The summed E-state index contributed by atoms with van der Waals surface area (Å²) in [6, 6.07) is 6.03. The number of carbonyl (C=O) groups is 1. The number of fused-ring (bicyclic) bond motifs is 1. The van der Waals surface area contributed by atoms with Crippen LogP contribution in [0, 0.1) is 0 Å². The molecule has 3 rings (SSSR count). The van der Waals surface area contributed by atoms with Gasteiger partial charge in [-0.05, 0) is 36.7 Å². The zero-order valence-electron chi connectivity index (χ0n) is 12.1. The molecular weight excluding hydrogens is 274 g/mol. The van der Waals surface area contributed by atoms with Crippen LogP contribution in [0.25, 0.3) is 0 Å². The second-order valence-electron chi connectivity index (χ2n) is 6.05. The van der Waals surface area contributed by atoms with Crippen LogP contribution in [0.2, 0.25) is 0 Å². The molecule has 2 aliphatic heterocycles. The normalized spacial score (nSPS) is 20.2. The van der Waals surface area contributed by atoms with E-state index in [2.05, 4.69) is 25.2 Å². The third-order valence-electron chi connectivity index (χ3n) is 4.30. The van der Waals surface area contributed by atoms with E-state index in [1.165, 1.54) is 5.56 Å². The largest absolute Gasteiger partial charge is 0.486 e. The van der Waals surface area contributed by atoms with E-state index in [1.807, 2.05) is 12.1 Å². The van der Waals surface area contributed by atoms with E-state index in [0.29, 0.717) is 12.3 Å². The number of ether oxygens (including phenoxy) is 1. The molecule has 0 aliphatic carbocycles. The number of hydrogen-bond donors (Lipinski definition) is 1. The molecule has 3 nitrogen and oxygen atoms in total. The molecular formula is C16H22ClNO2. The number of nitrogens with one attached hydrogen (secondary N) is 1. The van der Waals surface area contributed by atoms with Gasteiger partial charge in [0.2, 0.25) is 0 Å². The predicted octanol–water partition coefficient (Wildman–Crippen LogP) is 3.32. The maximum Gasteiger partial charge on any atom is 0.170 e. The maximum absolute atomic E-state index is 12.3. The molecule has 1 saturated heterocycles. The second kappa shape index (κ2) is 5.74. The van der Waals surface area contributed by atoms with E-state index in [4.69, 9.17) is 4.74 Å². The zero-order chi connectivity index (χ0) is 13.5. The maximum atomic E-state index is 12.3. The lowest BCUT2D eigenvalue weighted by Gasteiger charge is -2.41. The summed E-state index contributed by atoms with van der Waals surface area (Å²) in [7, 11) is 0. The molecule has 0 atom stereocenters. The molecule has 1 spiro atoms. The average Bonchev–Trinajstić information content (AvgIpc) is 2.38. The standard InChI is InChI=1S/C16H21NO2.ClH/c1-11(2)12-3-4-13-14(18)10-16(19-15(13)9-12)5-7-17-8-6-16;/h3-4,9,11,17H,5-8,10H2,1-2H3;1H. The van der Waals surface area contributed by atoms with Gasteiger partial charge < -0.3 is 10.1 Å². The minimum absolute atomic E-state index is 0. The Hall–Kier alpha value is -1.06. The van der Waals surface area contributed by atoms with Gasteiger partial charge in [-0.2, -0.15) is 0 Å². The molecule has 20 heavy (non-hydrogen) atoms. The number of halogens is 1. The zero-order valence-corrected chi connectivity index (χ0v) is 12.9. The summed E-state index contributed by atoms with van der Waals surface area (Å²) in [6.07, 6.45) is 2.37. The Kier molecular flexibility index (Phi) is 4.40. The van der Waals surface area contributed by atoms with Gasteiger partial charge >= 0.3 is 0 Å². The molecule has 4 heteroatoms. The van der Waals surface area contributed by atoms with Crippen molar-refractivity contribution in [2.45, 2.75) is 44.6 Å². The van der Waals surface area contributed by atoms with Gasteiger partial charge in [0.1, 0.15) is 11.4 Å². The number of carbonyl (C=O) groups excluding carboxylic acids is 1. The van der Waals surface area contributed by atoms with Crippen molar-refractivity contribution < 1.29 is 9.53 Å². The highest BCUT2D eigenvalue weighted by molar-refractivity contribution is 6.00. The molecule has 0 unspecified atom stereocenters. The van der Waals surface area contributed by atoms with Gasteiger partial charge in [0.25, 0.3) is 0 Å². The molecule has 0 aromatic heterocycles. The van der Waals surface area contributed by atoms with E-state index in [9.17, 15) is 4.79 Å². The Labute approximate surface area is 126 Å². The van der Waals surface area contributed by atoms with Crippen LogP contribution in [-0.2, 0) is 0 Å². The summed E-state index contributed by atoms with van der Waals surface area (Å²) in [5.41, 5.74) is 1.73. The van der Waals surface area contributed by atoms with Gasteiger partial charge in [0, 0.05) is 12.8 Å².